The molecule has 1 aliphatic carbocycles. The monoisotopic (exact) mass is 529 g/mol. The number of sulfonamides is 1. The second-order valence-corrected chi connectivity index (χ2v) is 13.8. The van der Waals surface area contributed by atoms with Gasteiger partial charge in [-0.25, -0.2) is 23.1 Å². The molecule has 0 spiro atoms. The lowest BCUT2D eigenvalue weighted by atomic mass is 9.86. The Morgan fingerprint density at radius 2 is 1.62 bits per heavy atom. The summed E-state index contributed by atoms with van der Waals surface area (Å²) < 4.78 is 27.0. The zero-order chi connectivity index (χ0) is 26.7. The van der Waals surface area contributed by atoms with Gasteiger partial charge in [0.1, 0.15) is 0 Å². The number of aryl methyl sites for hydroxylation is 1. The number of benzene rings is 1. The Hall–Kier alpha value is -1.87. The molecule has 0 saturated heterocycles. The molecule has 2 aromatic rings. The van der Waals surface area contributed by atoms with Crippen LogP contribution in [0.4, 0.5) is 0 Å². The third kappa shape index (κ3) is 9.74. The molecule has 3 rings (SSSR count). The molecule has 0 bridgehead atoms. The number of nitrogens with one attached hydrogen (secondary N) is 2. The molecule has 0 amide bonds. The van der Waals surface area contributed by atoms with Gasteiger partial charge in [-0.15, -0.1) is 0 Å². The fourth-order valence-electron chi connectivity index (χ4n) is 4.82. The molecule has 1 heterocycles. The minimum absolute atomic E-state index is 0.0920. The van der Waals surface area contributed by atoms with Crippen LogP contribution in [0.5, 0.6) is 0 Å². The Labute approximate surface area is 224 Å². The van der Waals surface area contributed by atoms with Crippen LogP contribution in [0, 0.1) is 5.92 Å². The molecule has 1 fully saturated rings. The molecule has 0 atom stereocenters. The van der Waals surface area contributed by atoms with Gasteiger partial charge in [-0.1, -0.05) is 31.2 Å². The topological polar surface area (TPSA) is 87.2 Å². The molecule has 0 unspecified atom stereocenters. The number of rotatable bonds is 14. The first-order valence-electron chi connectivity index (χ1n) is 14.0. The van der Waals surface area contributed by atoms with Crippen LogP contribution < -0.4 is 10.0 Å². The Bertz CT molecular complexity index is 1010. The van der Waals surface area contributed by atoms with Crippen molar-refractivity contribution < 1.29 is 8.42 Å². The Morgan fingerprint density at radius 3 is 2.24 bits per heavy atom. The van der Waals surface area contributed by atoms with Crippen LogP contribution in [-0.4, -0.2) is 66.8 Å². The van der Waals surface area contributed by atoms with E-state index in [-0.39, 0.29) is 6.04 Å². The highest BCUT2D eigenvalue weighted by Gasteiger charge is 2.32. The molecular formula is C29H47N5O2S. The van der Waals surface area contributed by atoms with Crippen LogP contribution in [0.1, 0.15) is 71.8 Å². The van der Waals surface area contributed by atoms with Crippen molar-refractivity contribution in [1.29, 1.82) is 0 Å². The first-order chi connectivity index (χ1) is 17.7. The van der Waals surface area contributed by atoms with Gasteiger partial charge in [-0.3, -0.25) is 0 Å². The van der Waals surface area contributed by atoms with Crippen molar-refractivity contribution in [1.82, 2.24) is 24.9 Å². The van der Waals surface area contributed by atoms with Crippen LogP contribution in [0.3, 0.4) is 0 Å². The van der Waals surface area contributed by atoms with E-state index in [1.54, 1.807) is 33.2 Å². The van der Waals surface area contributed by atoms with Crippen molar-refractivity contribution in [3.05, 3.63) is 48.3 Å². The maximum atomic E-state index is 12.4. The summed E-state index contributed by atoms with van der Waals surface area (Å²) in [6.45, 7) is 12.9. The van der Waals surface area contributed by atoms with E-state index in [1.807, 2.05) is 6.07 Å². The van der Waals surface area contributed by atoms with Crippen LogP contribution >= 0.6 is 0 Å². The predicted molar refractivity (Wildman–Crippen MR) is 153 cm³/mol. The van der Waals surface area contributed by atoms with Crippen LogP contribution in [0.25, 0.3) is 11.4 Å². The van der Waals surface area contributed by atoms with Crippen molar-refractivity contribution in [2.24, 2.45) is 5.92 Å². The van der Waals surface area contributed by atoms with E-state index >= 15 is 0 Å². The Kier molecular flexibility index (Phi) is 11.5. The largest absolute Gasteiger partial charge is 0.316 e. The number of nitrogens with zero attached hydrogens (tertiary/aromatic N) is 3. The summed E-state index contributed by atoms with van der Waals surface area (Å²) in [7, 11) is -3.26. The summed E-state index contributed by atoms with van der Waals surface area (Å²) in [6.07, 6.45) is 11.0. The van der Waals surface area contributed by atoms with E-state index < -0.39 is 14.8 Å². The van der Waals surface area contributed by atoms with Gasteiger partial charge < -0.3 is 10.2 Å². The second-order valence-electron chi connectivity index (χ2n) is 11.3. The maximum Gasteiger partial charge on any atom is 0.216 e. The molecule has 2 N–H and O–H groups in total. The molecule has 0 radical (unpaired) electrons. The van der Waals surface area contributed by atoms with Gasteiger partial charge in [-0.05, 0) is 116 Å². The number of hydrogen-bond acceptors (Lipinski definition) is 6. The number of hydrogen-bond donors (Lipinski definition) is 2. The van der Waals surface area contributed by atoms with Gasteiger partial charge in [0.2, 0.25) is 10.0 Å². The van der Waals surface area contributed by atoms with E-state index in [0.717, 1.165) is 89.1 Å². The van der Waals surface area contributed by atoms with Crippen LogP contribution in [-0.2, 0) is 16.4 Å². The molecule has 206 valence electrons. The maximum absolute atomic E-state index is 12.4. The van der Waals surface area contributed by atoms with Gasteiger partial charge in [0.25, 0.3) is 0 Å². The van der Waals surface area contributed by atoms with E-state index in [2.05, 4.69) is 56.1 Å². The normalized spacial score (nSPS) is 18.8. The fraction of sp³-hybridized carbons (Fsp3) is 0.655. The zero-order valence-corrected chi connectivity index (χ0v) is 24.1. The quantitative estimate of drug-likeness (QED) is 0.346. The van der Waals surface area contributed by atoms with Crippen molar-refractivity contribution in [2.45, 2.75) is 83.4 Å². The highest BCUT2D eigenvalue weighted by molar-refractivity contribution is 7.90. The summed E-state index contributed by atoms with van der Waals surface area (Å²) in [6, 6.07) is 10.5. The summed E-state index contributed by atoms with van der Waals surface area (Å²) in [5.41, 5.74) is 2.42. The standard InChI is InChI=1S/C29H47N5O2S/c1-5-34(21-6-9-24-10-14-26(15-11-24)28-31-19-7-20-32-28)22-8-18-30-23-25-12-16-27(17-13-25)33-37(35,36)29(2,3)4/h7,10-11,14-15,19-20,25,27,30,33H,5-6,8-9,12-13,16-18,21-23H2,1-4H3. The SMILES string of the molecule is CCN(CCCNCC1CCC(NS(=O)(=O)C(C)(C)C)CC1)CCCc1ccc(-c2ncccn2)cc1. The molecule has 0 aliphatic heterocycles. The van der Waals surface area contributed by atoms with E-state index in [4.69, 9.17) is 0 Å². The minimum Gasteiger partial charge on any atom is -0.316 e. The van der Waals surface area contributed by atoms with Gasteiger partial charge in [0.05, 0.1) is 4.75 Å². The zero-order valence-electron chi connectivity index (χ0n) is 23.2. The third-order valence-electron chi connectivity index (χ3n) is 7.40. The molecule has 37 heavy (non-hydrogen) atoms. The summed E-state index contributed by atoms with van der Waals surface area (Å²) in [5, 5.41) is 3.65. The van der Waals surface area contributed by atoms with E-state index in [0.29, 0.717) is 5.92 Å². The van der Waals surface area contributed by atoms with Crippen molar-refractivity contribution in [3.8, 4) is 11.4 Å². The predicted octanol–water partition coefficient (Wildman–Crippen LogP) is 4.65. The van der Waals surface area contributed by atoms with Crippen molar-refractivity contribution in [2.75, 3.05) is 32.7 Å². The van der Waals surface area contributed by atoms with Crippen molar-refractivity contribution in [3.63, 3.8) is 0 Å². The summed E-state index contributed by atoms with van der Waals surface area (Å²) >= 11 is 0. The molecule has 1 aromatic heterocycles. The molecule has 1 aromatic carbocycles. The summed E-state index contributed by atoms with van der Waals surface area (Å²) in [4.78, 5) is 11.2. The Morgan fingerprint density at radius 1 is 0.973 bits per heavy atom. The molecular weight excluding hydrogens is 482 g/mol. The van der Waals surface area contributed by atoms with Gasteiger partial charge in [0, 0.05) is 24.0 Å². The van der Waals surface area contributed by atoms with Crippen LogP contribution in [0.2, 0.25) is 0 Å². The molecule has 1 aliphatic rings. The first kappa shape index (κ1) is 29.7. The third-order valence-corrected chi connectivity index (χ3v) is 9.66. The second kappa shape index (κ2) is 14.3. The lowest BCUT2D eigenvalue weighted by molar-refractivity contribution is 0.272. The fourth-order valence-corrected chi connectivity index (χ4v) is 5.85. The molecule has 8 heteroatoms. The van der Waals surface area contributed by atoms with E-state index in [9.17, 15) is 8.42 Å². The average molecular weight is 530 g/mol. The Balaban J connectivity index is 1.25. The lowest BCUT2D eigenvalue weighted by Gasteiger charge is -2.31. The van der Waals surface area contributed by atoms with E-state index in [1.165, 1.54) is 5.56 Å². The van der Waals surface area contributed by atoms with Gasteiger partial charge in [0.15, 0.2) is 5.82 Å². The number of aromatic nitrogens is 2. The lowest BCUT2D eigenvalue weighted by Crippen LogP contribution is -2.46. The highest BCUT2D eigenvalue weighted by Crippen LogP contribution is 2.26. The van der Waals surface area contributed by atoms with Crippen LogP contribution in [0.15, 0.2) is 42.7 Å². The smallest absolute Gasteiger partial charge is 0.216 e. The summed E-state index contributed by atoms with van der Waals surface area (Å²) in [5.74, 6) is 1.42. The molecule has 7 nitrogen and oxygen atoms in total. The average Bonchev–Trinajstić information content (AvgIpc) is 2.88. The van der Waals surface area contributed by atoms with Gasteiger partial charge >= 0.3 is 0 Å². The highest BCUT2D eigenvalue weighted by atomic mass is 32.2. The van der Waals surface area contributed by atoms with Crippen molar-refractivity contribution >= 4 is 10.0 Å². The first-order valence-corrected chi connectivity index (χ1v) is 15.5. The minimum atomic E-state index is -3.26. The van der Waals surface area contributed by atoms with Gasteiger partial charge in [-0.2, -0.15) is 0 Å². The molecule has 1 saturated carbocycles.